The van der Waals surface area contributed by atoms with Crippen molar-refractivity contribution in [2.75, 3.05) is 25.1 Å². The molecule has 0 aromatic heterocycles. The van der Waals surface area contributed by atoms with E-state index >= 15 is 0 Å². The molecule has 2 rings (SSSR count). The van der Waals surface area contributed by atoms with E-state index in [0.717, 1.165) is 15.0 Å². The Morgan fingerprint density at radius 3 is 2.59 bits per heavy atom. The van der Waals surface area contributed by atoms with Crippen molar-refractivity contribution in [2.24, 2.45) is 0 Å². The van der Waals surface area contributed by atoms with Gasteiger partial charge in [-0.05, 0) is 72.0 Å². The first-order chi connectivity index (χ1) is 10.7. The van der Waals surface area contributed by atoms with Crippen molar-refractivity contribution in [3.63, 3.8) is 0 Å². The Labute approximate surface area is 144 Å². The largest absolute Gasteiger partial charge is 0.491 e. The molecule has 4 nitrogen and oxygen atoms in total. The van der Waals surface area contributed by atoms with Crippen molar-refractivity contribution in [3.8, 4) is 5.75 Å². The van der Waals surface area contributed by atoms with E-state index in [1.807, 2.05) is 49.4 Å². The third kappa shape index (κ3) is 5.31. The molecule has 0 heterocycles. The first kappa shape index (κ1) is 16.8. The molecule has 0 atom stereocenters. The molecule has 0 unspecified atom stereocenters. The second-order valence-corrected chi connectivity index (χ2v) is 5.78. The Kier molecular flexibility index (Phi) is 6.67. The van der Waals surface area contributed by atoms with Crippen LogP contribution in [0.15, 0.2) is 48.5 Å². The van der Waals surface area contributed by atoms with Crippen LogP contribution in [0.2, 0.25) is 0 Å². The van der Waals surface area contributed by atoms with Crippen molar-refractivity contribution < 1.29 is 14.3 Å². The highest BCUT2D eigenvalue weighted by Gasteiger charge is 2.06. The molecule has 1 amide bonds. The number of carbonyl (C=O) groups is 1. The molecule has 0 spiro atoms. The minimum absolute atomic E-state index is 0.122. The van der Waals surface area contributed by atoms with Crippen molar-refractivity contribution in [3.05, 3.63) is 57.7 Å². The van der Waals surface area contributed by atoms with Gasteiger partial charge in [-0.3, -0.25) is 4.79 Å². The van der Waals surface area contributed by atoms with Crippen LogP contribution in [-0.2, 0) is 4.74 Å². The van der Waals surface area contributed by atoms with Crippen LogP contribution in [0, 0.1) is 3.57 Å². The minimum atomic E-state index is -0.122. The third-order valence-corrected chi connectivity index (χ3v) is 3.57. The number of nitrogens with one attached hydrogen (secondary N) is 1. The quantitative estimate of drug-likeness (QED) is 0.555. The van der Waals surface area contributed by atoms with Crippen molar-refractivity contribution in [1.82, 2.24) is 0 Å². The van der Waals surface area contributed by atoms with Crippen molar-refractivity contribution >= 4 is 34.2 Å². The van der Waals surface area contributed by atoms with Gasteiger partial charge in [-0.2, -0.15) is 0 Å². The van der Waals surface area contributed by atoms with Crippen LogP contribution in [0.5, 0.6) is 5.75 Å². The molecule has 0 aliphatic rings. The highest BCUT2D eigenvalue weighted by Crippen LogP contribution is 2.17. The number of anilines is 1. The summed E-state index contributed by atoms with van der Waals surface area (Å²) in [6.07, 6.45) is 0. The summed E-state index contributed by atoms with van der Waals surface area (Å²) in [7, 11) is 0. The van der Waals surface area contributed by atoms with Crippen molar-refractivity contribution in [2.45, 2.75) is 6.92 Å². The number of halogens is 1. The number of hydrogen-bond acceptors (Lipinski definition) is 3. The maximum atomic E-state index is 12.1. The highest BCUT2D eigenvalue weighted by molar-refractivity contribution is 14.1. The van der Waals surface area contributed by atoms with Gasteiger partial charge in [0.15, 0.2) is 0 Å². The molecule has 5 heteroatoms. The molecule has 2 aromatic carbocycles. The van der Waals surface area contributed by atoms with Gasteiger partial charge in [0.2, 0.25) is 0 Å². The minimum Gasteiger partial charge on any atom is -0.491 e. The molecule has 0 radical (unpaired) electrons. The first-order valence-corrected chi connectivity index (χ1v) is 8.14. The van der Waals surface area contributed by atoms with E-state index < -0.39 is 0 Å². The molecule has 22 heavy (non-hydrogen) atoms. The van der Waals surface area contributed by atoms with E-state index in [2.05, 4.69) is 27.9 Å². The van der Waals surface area contributed by atoms with Gasteiger partial charge in [0.25, 0.3) is 5.91 Å². The molecule has 0 fully saturated rings. The van der Waals surface area contributed by atoms with Gasteiger partial charge in [-0.1, -0.05) is 6.07 Å². The van der Waals surface area contributed by atoms with Gasteiger partial charge >= 0.3 is 0 Å². The number of carbonyl (C=O) groups excluding carboxylic acids is 1. The zero-order valence-electron chi connectivity index (χ0n) is 12.3. The molecule has 0 aliphatic heterocycles. The molecule has 0 aliphatic carbocycles. The van der Waals surface area contributed by atoms with E-state index in [1.165, 1.54) is 0 Å². The van der Waals surface area contributed by atoms with Crippen LogP contribution in [0.1, 0.15) is 17.3 Å². The smallest absolute Gasteiger partial charge is 0.255 e. The number of benzene rings is 2. The highest BCUT2D eigenvalue weighted by atomic mass is 127. The zero-order valence-corrected chi connectivity index (χ0v) is 14.5. The van der Waals surface area contributed by atoms with Crippen molar-refractivity contribution in [1.29, 1.82) is 0 Å². The molecule has 0 bridgehead atoms. The van der Waals surface area contributed by atoms with Gasteiger partial charge < -0.3 is 14.8 Å². The van der Waals surface area contributed by atoms with E-state index in [0.29, 0.717) is 25.4 Å². The lowest BCUT2D eigenvalue weighted by atomic mass is 10.2. The normalized spacial score (nSPS) is 10.3. The topological polar surface area (TPSA) is 47.6 Å². The lowest BCUT2D eigenvalue weighted by Gasteiger charge is -2.08. The summed E-state index contributed by atoms with van der Waals surface area (Å²) in [6.45, 7) is 3.72. The Balaban J connectivity index is 1.89. The lowest BCUT2D eigenvalue weighted by Crippen LogP contribution is -2.12. The fourth-order valence-corrected chi connectivity index (χ4v) is 2.37. The molecule has 116 valence electrons. The average molecular weight is 411 g/mol. The Morgan fingerprint density at radius 2 is 1.91 bits per heavy atom. The number of hydrogen-bond donors (Lipinski definition) is 1. The van der Waals surface area contributed by atoms with Gasteiger partial charge in [-0.25, -0.2) is 0 Å². The lowest BCUT2D eigenvalue weighted by molar-refractivity contribution is 0.102. The van der Waals surface area contributed by atoms with E-state index in [-0.39, 0.29) is 5.91 Å². The summed E-state index contributed by atoms with van der Waals surface area (Å²) in [5, 5.41) is 2.87. The summed E-state index contributed by atoms with van der Waals surface area (Å²) in [5.41, 5.74) is 1.38. The van der Waals surface area contributed by atoms with Gasteiger partial charge in [0, 0.05) is 21.4 Å². The molecule has 0 saturated carbocycles. The van der Waals surface area contributed by atoms with E-state index in [4.69, 9.17) is 9.47 Å². The van der Waals surface area contributed by atoms with Crippen LogP contribution in [0.4, 0.5) is 5.69 Å². The predicted molar refractivity (Wildman–Crippen MR) is 95.5 cm³/mol. The first-order valence-electron chi connectivity index (χ1n) is 7.06. The van der Waals surface area contributed by atoms with Crippen LogP contribution >= 0.6 is 22.6 Å². The number of ether oxygens (including phenoxy) is 2. The molecule has 0 saturated heterocycles. The summed E-state index contributed by atoms with van der Waals surface area (Å²) < 4.78 is 11.8. The fraction of sp³-hybridized carbons (Fsp3) is 0.235. The summed E-state index contributed by atoms with van der Waals surface area (Å²) >= 11 is 2.19. The standard InChI is InChI=1S/C17H18INO3/c1-2-21-10-11-22-16-8-6-15(7-9-16)19-17(20)13-4-3-5-14(18)12-13/h3-9,12H,2,10-11H2,1H3,(H,19,20). The SMILES string of the molecule is CCOCCOc1ccc(NC(=O)c2cccc(I)c2)cc1. The van der Waals surface area contributed by atoms with Gasteiger partial charge in [0.1, 0.15) is 12.4 Å². The van der Waals surface area contributed by atoms with E-state index in [9.17, 15) is 4.79 Å². The Morgan fingerprint density at radius 1 is 1.14 bits per heavy atom. The van der Waals surface area contributed by atoms with Crippen LogP contribution in [0.3, 0.4) is 0 Å². The summed E-state index contributed by atoms with van der Waals surface area (Å²) in [6, 6.07) is 14.8. The average Bonchev–Trinajstić information content (AvgIpc) is 2.53. The number of rotatable bonds is 7. The monoisotopic (exact) mass is 411 g/mol. The number of amides is 1. The van der Waals surface area contributed by atoms with Crippen LogP contribution in [-0.4, -0.2) is 25.7 Å². The maximum Gasteiger partial charge on any atom is 0.255 e. The Hall–Kier alpha value is -1.60. The summed E-state index contributed by atoms with van der Waals surface area (Å²) in [5.74, 6) is 0.635. The predicted octanol–water partition coefficient (Wildman–Crippen LogP) is 3.96. The van der Waals surface area contributed by atoms with Gasteiger partial charge in [-0.15, -0.1) is 0 Å². The van der Waals surface area contributed by atoms with Crippen LogP contribution in [0.25, 0.3) is 0 Å². The molecular weight excluding hydrogens is 393 g/mol. The summed E-state index contributed by atoms with van der Waals surface area (Å²) in [4.78, 5) is 12.1. The second kappa shape index (κ2) is 8.75. The molecule has 2 aromatic rings. The second-order valence-electron chi connectivity index (χ2n) is 4.53. The van der Waals surface area contributed by atoms with Gasteiger partial charge in [0.05, 0.1) is 6.61 Å². The maximum absolute atomic E-state index is 12.1. The zero-order chi connectivity index (χ0) is 15.8. The fourth-order valence-electron chi connectivity index (χ4n) is 1.83. The third-order valence-electron chi connectivity index (χ3n) is 2.90. The molecular formula is C17H18INO3. The van der Waals surface area contributed by atoms with E-state index in [1.54, 1.807) is 6.07 Å². The van der Waals surface area contributed by atoms with Crippen LogP contribution < -0.4 is 10.1 Å². The Bertz CT molecular complexity index is 614. The molecule has 1 N–H and O–H groups in total.